The van der Waals surface area contributed by atoms with E-state index in [4.69, 9.17) is 11.6 Å². The van der Waals surface area contributed by atoms with Crippen molar-refractivity contribution >= 4 is 56.0 Å². The summed E-state index contributed by atoms with van der Waals surface area (Å²) in [6.07, 6.45) is 3.31. The van der Waals surface area contributed by atoms with Gasteiger partial charge < -0.3 is 0 Å². The van der Waals surface area contributed by atoms with Gasteiger partial charge in [0.25, 0.3) is 11.8 Å². The summed E-state index contributed by atoms with van der Waals surface area (Å²) in [6.45, 7) is 1.72. The van der Waals surface area contributed by atoms with Gasteiger partial charge in [-0.2, -0.15) is 0 Å². The van der Waals surface area contributed by atoms with Crippen LogP contribution in [0, 0.1) is 6.92 Å². The number of rotatable bonds is 5. The standard InChI is InChI=1S/C24H17ClN4O3S/c1-14-9-16(25)10-19-21(14)27-24(33-19)28(12-15-5-4-8-26-11-15)20(30)13-29-22(31)17-6-2-3-7-18(17)23(29)32/h2-11H,12-13H2,1H3. The summed E-state index contributed by atoms with van der Waals surface area (Å²) in [7, 11) is 0. The van der Waals surface area contributed by atoms with Crippen molar-refractivity contribution in [2.24, 2.45) is 0 Å². The summed E-state index contributed by atoms with van der Waals surface area (Å²) in [6, 6.07) is 13.8. The van der Waals surface area contributed by atoms with Gasteiger partial charge in [-0.05, 0) is 48.4 Å². The first-order valence-corrected chi connectivity index (χ1v) is 11.3. The van der Waals surface area contributed by atoms with E-state index in [1.165, 1.54) is 16.2 Å². The van der Waals surface area contributed by atoms with E-state index in [-0.39, 0.29) is 13.1 Å². The number of carbonyl (C=O) groups is 3. The second kappa shape index (κ2) is 8.38. The van der Waals surface area contributed by atoms with Crippen LogP contribution in [0.5, 0.6) is 0 Å². The van der Waals surface area contributed by atoms with Crippen LogP contribution in [0.2, 0.25) is 5.02 Å². The number of anilines is 1. The average Bonchev–Trinajstić information content (AvgIpc) is 3.33. The van der Waals surface area contributed by atoms with Crippen molar-refractivity contribution in [3.63, 3.8) is 0 Å². The highest BCUT2D eigenvalue weighted by Crippen LogP contribution is 2.34. The molecular formula is C24H17ClN4O3S. The largest absolute Gasteiger partial charge is 0.282 e. The van der Waals surface area contributed by atoms with Crippen molar-refractivity contribution in [3.8, 4) is 0 Å². The second-order valence-corrected chi connectivity index (χ2v) is 9.09. The molecule has 1 aliphatic rings. The highest BCUT2D eigenvalue weighted by molar-refractivity contribution is 7.22. The smallest absolute Gasteiger partial charge is 0.262 e. The first kappa shape index (κ1) is 21.2. The molecule has 0 atom stereocenters. The minimum absolute atomic E-state index is 0.197. The molecule has 0 fully saturated rings. The number of nitrogens with zero attached hydrogens (tertiary/aromatic N) is 4. The van der Waals surface area contributed by atoms with Gasteiger partial charge in [0.2, 0.25) is 5.91 Å². The van der Waals surface area contributed by atoms with Gasteiger partial charge in [0.05, 0.1) is 27.9 Å². The van der Waals surface area contributed by atoms with E-state index in [0.717, 1.165) is 26.2 Å². The number of fused-ring (bicyclic) bond motifs is 2. The lowest BCUT2D eigenvalue weighted by atomic mass is 10.1. The summed E-state index contributed by atoms with van der Waals surface area (Å²) < 4.78 is 0.847. The highest BCUT2D eigenvalue weighted by Gasteiger charge is 2.37. The fraction of sp³-hybridized carbons (Fsp3) is 0.125. The molecule has 0 N–H and O–H groups in total. The maximum atomic E-state index is 13.5. The molecule has 0 saturated carbocycles. The summed E-state index contributed by atoms with van der Waals surface area (Å²) in [5.74, 6) is -1.37. The third-order valence-electron chi connectivity index (χ3n) is 5.41. The topological polar surface area (TPSA) is 83.5 Å². The molecule has 5 rings (SSSR count). The first-order chi connectivity index (χ1) is 15.9. The monoisotopic (exact) mass is 476 g/mol. The van der Waals surface area contributed by atoms with E-state index >= 15 is 0 Å². The summed E-state index contributed by atoms with van der Waals surface area (Å²) in [5, 5.41) is 1.05. The number of aryl methyl sites for hydroxylation is 1. The van der Waals surface area contributed by atoms with Crippen LogP contribution in [0.25, 0.3) is 10.2 Å². The molecule has 3 amide bonds. The number of thiazole rings is 1. The number of halogens is 1. The molecule has 164 valence electrons. The Balaban J connectivity index is 1.50. The quantitative estimate of drug-likeness (QED) is 0.396. The molecule has 0 spiro atoms. The maximum Gasteiger partial charge on any atom is 0.262 e. The van der Waals surface area contributed by atoms with Crippen molar-refractivity contribution in [1.82, 2.24) is 14.9 Å². The van der Waals surface area contributed by atoms with E-state index in [2.05, 4.69) is 9.97 Å². The average molecular weight is 477 g/mol. The molecular weight excluding hydrogens is 460 g/mol. The third-order valence-corrected chi connectivity index (χ3v) is 6.65. The molecule has 4 aromatic rings. The van der Waals surface area contributed by atoms with Gasteiger partial charge in [-0.15, -0.1) is 0 Å². The Morgan fingerprint density at radius 1 is 1.09 bits per heavy atom. The van der Waals surface area contributed by atoms with Crippen molar-refractivity contribution in [3.05, 3.63) is 88.2 Å². The Bertz CT molecular complexity index is 1390. The molecule has 2 aromatic carbocycles. The van der Waals surface area contributed by atoms with Gasteiger partial charge >= 0.3 is 0 Å². The predicted octanol–water partition coefficient (Wildman–Crippen LogP) is 4.48. The molecule has 33 heavy (non-hydrogen) atoms. The van der Waals surface area contributed by atoms with Crippen LogP contribution in [0.15, 0.2) is 60.9 Å². The van der Waals surface area contributed by atoms with Crippen molar-refractivity contribution in [2.45, 2.75) is 13.5 Å². The minimum Gasteiger partial charge on any atom is -0.282 e. The number of carbonyl (C=O) groups excluding carboxylic acids is 3. The molecule has 0 saturated heterocycles. The van der Waals surface area contributed by atoms with Gasteiger partial charge in [0.1, 0.15) is 6.54 Å². The van der Waals surface area contributed by atoms with Crippen molar-refractivity contribution < 1.29 is 14.4 Å². The summed E-state index contributed by atoms with van der Waals surface area (Å²) >= 11 is 7.53. The van der Waals surface area contributed by atoms with Crippen molar-refractivity contribution in [2.75, 3.05) is 11.4 Å². The number of aromatic nitrogens is 2. The number of hydrogen-bond donors (Lipinski definition) is 0. The van der Waals surface area contributed by atoms with Gasteiger partial charge in [-0.1, -0.05) is 41.1 Å². The number of amides is 3. The molecule has 2 aromatic heterocycles. The molecule has 0 unspecified atom stereocenters. The molecule has 1 aliphatic heterocycles. The Hall–Kier alpha value is -3.62. The Labute approximate surface area is 198 Å². The predicted molar refractivity (Wildman–Crippen MR) is 127 cm³/mol. The van der Waals surface area contributed by atoms with E-state index < -0.39 is 17.7 Å². The van der Waals surface area contributed by atoms with Crippen LogP contribution in [-0.4, -0.2) is 39.1 Å². The summed E-state index contributed by atoms with van der Waals surface area (Å²) in [4.78, 5) is 50.3. The normalized spacial score (nSPS) is 13.0. The third kappa shape index (κ3) is 3.88. The molecule has 0 radical (unpaired) electrons. The molecule has 3 heterocycles. The van der Waals surface area contributed by atoms with Crippen LogP contribution >= 0.6 is 22.9 Å². The van der Waals surface area contributed by atoms with Gasteiger partial charge in [-0.3, -0.25) is 29.2 Å². The van der Waals surface area contributed by atoms with Gasteiger partial charge in [-0.25, -0.2) is 4.98 Å². The zero-order valence-corrected chi connectivity index (χ0v) is 19.1. The van der Waals surface area contributed by atoms with E-state index in [1.54, 1.807) is 42.7 Å². The fourth-order valence-corrected chi connectivity index (χ4v) is 5.24. The first-order valence-electron chi connectivity index (χ1n) is 10.1. The lowest BCUT2D eigenvalue weighted by molar-refractivity contribution is -0.119. The Morgan fingerprint density at radius 2 is 1.82 bits per heavy atom. The van der Waals surface area contributed by atoms with Crippen LogP contribution in [0.3, 0.4) is 0 Å². The zero-order valence-electron chi connectivity index (χ0n) is 17.5. The molecule has 7 nitrogen and oxygen atoms in total. The lowest BCUT2D eigenvalue weighted by Gasteiger charge is -2.22. The zero-order chi connectivity index (χ0) is 23.1. The van der Waals surface area contributed by atoms with E-state index in [1.807, 2.05) is 25.1 Å². The van der Waals surface area contributed by atoms with Gasteiger partial charge in [0.15, 0.2) is 5.13 Å². The highest BCUT2D eigenvalue weighted by atomic mass is 35.5. The van der Waals surface area contributed by atoms with Crippen molar-refractivity contribution in [1.29, 1.82) is 0 Å². The number of benzene rings is 2. The maximum absolute atomic E-state index is 13.5. The van der Waals surface area contributed by atoms with Crippen LogP contribution in [0.4, 0.5) is 5.13 Å². The molecule has 0 bridgehead atoms. The Morgan fingerprint density at radius 3 is 2.48 bits per heavy atom. The number of hydrogen-bond acceptors (Lipinski definition) is 6. The van der Waals surface area contributed by atoms with Crippen LogP contribution in [-0.2, 0) is 11.3 Å². The number of imide groups is 1. The fourth-order valence-electron chi connectivity index (χ4n) is 3.80. The van der Waals surface area contributed by atoms with Gasteiger partial charge in [0, 0.05) is 17.4 Å². The Kier molecular flexibility index (Phi) is 5.39. The SMILES string of the molecule is Cc1cc(Cl)cc2sc(N(Cc3cccnc3)C(=O)CN3C(=O)c4ccccc4C3=O)nc12. The molecule has 9 heteroatoms. The second-order valence-electron chi connectivity index (χ2n) is 7.65. The summed E-state index contributed by atoms with van der Waals surface area (Å²) in [5.41, 5.74) is 3.05. The lowest BCUT2D eigenvalue weighted by Crippen LogP contribution is -2.42. The van der Waals surface area contributed by atoms with E-state index in [0.29, 0.717) is 21.3 Å². The minimum atomic E-state index is -0.475. The van der Waals surface area contributed by atoms with E-state index in [9.17, 15) is 14.4 Å². The van der Waals surface area contributed by atoms with Crippen LogP contribution < -0.4 is 4.90 Å². The molecule has 0 aliphatic carbocycles. The van der Waals surface area contributed by atoms with Crippen LogP contribution in [0.1, 0.15) is 31.8 Å². The number of pyridine rings is 1.